The molecule has 1 rings (SSSR count). The van der Waals surface area contributed by atoms with E-state index in [9.17, 15) is 4.79 Å². The monoisotopic (exact) mass is 283 g/mol. The summed E-state index contributed by atoms with van der Waals surface area (Å²) in [4.78, 5) is 14.4. The molecular formula is C16H33N3O. The average Bonchev–Trinajstić information content (AvgIpc) is 2.44. The first kappa shape index (κ1) is 17.4. The van der Waals surface area contributed by atoms with Gasteiger partial charge in [0.2, 0.25) is 5.91 Å². The van der Waals surface area contributed by atoms with E-state index in [4.69, 9.17) is 0 Å². The smallest absolute Gasteiger partial charge is 0.221 e. The van der Waals surface area contributed by atoms with Gasteiger partial charge in [-0.2, -0.15) is 0 Å². The highest BCUT2D eigenvalue weighted by Crippen LogP contribution is 2.30. The lowest BCUT2D eigenvalue weighted by Gasteiger charge is -2.36. The number of carbonyl (C=O) groups is 1. The number of hydrogen-bond acceptors (Lipinski definition) is 3. The summed E-state index contributed by atoms with van der Waals surface area (Å²) in [6, 6.07) is 0.570. The van der Waals surface area contributed by atoms with E-state index in [1.54, 1.807) is 0 Å². The molecule has 0 aromatic rings. The summed E-state index contributed by atoms with van der Waals surface area (Å²) in [5, 5.41) is 6.48. The Labute approximate surface area is 124 Å². The molecule has 0 heterocycles. The quantitative estimate of drug-likeness (QED) is 0.671. The van der Waals surface area contributed by atoms with Crippen LogP contribution in [0.5, 0.6) is 0 Å². The van der Waals surface area contributed by atoms with Gasteiger partial charge in [-0.05, 0) is 53.8 Å². The molecule has 0 bridgehead atoms. The highest BCUT2D eigenvalue weighted by molar-refractivity contribution is 5.77. The van der Waals surface area contributed by atoms with Gasteiger partial charge in [0.1, 0.15) is 0 Å². The van der Waals surface area contributed by atoms with Crippen LogP contribution in [0.3, 0.4) is 0 Å². The number of rotatable bonds is 8. The molecule has 1 fully saturated rings. The molecule has 0 spiro atoms. The summed E-state index contributed by atoms with van der Waals surface area (Å²) in [7, 11) is 4.13. The molecule has 1 saturated carbocycles. The summed E-state index contributed by atoms with van der Waals surface area (Å²) >= 11 is 0. The van der Waals surface area contributed by atoms with Gasteiger partial charge in [0.05, 0.1) is 0 Å². The zero-order valence-corrected chi connectivity index (χ0v) is 13.8. The Balaban J connectivity index is 2.22. The molecule has 0 radical (unpaired) electrons. The molecule has 2 N–H and O–H groups in total. The minimum Gasteiger partial charge on any atom is -0.356 e. The largest absolute Gasteiger partial charge is 0.356 e. The van der Waals surface area contributed by atoms with Gasteiger partial charge in [-0.15, -0.1) is 0 Å². The Hall–Kier alpha value is -0.610. The van der Waals surface area contributed by atoms with Gasteiger partial charge >= 0.3 is 0 Å². The van der Waals surface area contributed by atoms with E-state index in [-0.39, 0.29) is 11.4 Å². The van der Waals surface area contributed by atoms with Crippen LogP contribution in [0, 0.1) is 0 Å². The molecule has 1 aliphatic rings. The van der Waals surface area contributed by atoms with Gasteiger partial charge in [0.25, 0.3) is 0 Å². The minimum atomic E-state index is 0.0526. The van der Waals surface area contributed by atoms with E-state index in [0.717, 1.165) is 32.4 Å². The van der Waals surface area contributed by atoms with E-state index in [2.05, 4.69) is 36.4 Å². The Morgan fingerprint density at radius 1 is 1.25 bits per heavy atom. The Morgan fingerprint density at radius 3 is 2.45 bits per heavy atom. The van der Waals surface area contributed by atoms with Gasteiger partial charge in [-0.25, -0.2) is 0 Å². The van der Waals surface area contributed by atoms with Crippen LogP contribution in [0.25, 0.3) is 0 Å². The maximum absolute atomic E-state index is 12.1. The van der Waals surface area contributed by atoms with Gasteiger partial charge in [0.15, 0.2) is 0 Å². The standard InChI is InChI=1S/C16H33N3O/c1-14(2)19(4)12-8-11-18-15(20)13-16(17-3)9-6-5-7-10-16/h14,17H,5-13H2,1-4H3,(H,18,20). The van der Waals surface area contributed by atoms with Crippen LogP contribution in [-0.2, 0) is 4.79 Å². The maximum Gasteiger partial charge on any atom is 0.221 e. The fourth-order valence-corrected chi connectivity index (χ4v) is 2.93. The molecule has 0 aromatic heterocycles. The molecule has 4 nitrogen and oxygen atoms in total. The van der Waals surface area contributed by atoms with Crippen LogP contribution >= 0.6 is 0 Å². The molecule has 20 heavy (non-hydrogen) atoms. The van der Waals surface area contributed by atoms with E-state index >= 15 is 0 Å². The summed E-state index contributed by atoms with van der Waals surface area (Å²) in [6.45, 7) is 6.21. The zero-order valence-electron chi connectivity index (χ0n) is 13.8. The van der Waals surface area contributed by atoms with Crippen LogP contribution in [0.2, 0.25) is 0 Å². The van der Waals surface area contributed by atoms with Crippen molar-refractivity contribution in [2.45, 2.75) is 70.4 Å². The third kappa shape index (κ3) is 5.80. The molecule has 4 heteroatoms. The number of nitrogens with zero attached hydrogens (tertiary/aromatic N) is 1. The first-order valence-corrected chi connectivity index (χ1v) is 8.15. The Bertz CT molecular complexity index is 285. The van der Waals surface area contributed by atoms with Gasteiger partial charge < -0.3 is 15.5 Å². The molecule has 0 saturated heterocycles. The molecule has 118 valence electrons. The van der Waals surface area contributed by atoms with E-state index in [1.807, 2.05) is 7.05 Å². The van der Waals surface area contributed by atoms with Crippen LogP contribution < -0.4 is 10.6 Å². The van der Waals surface area contributed by atoms with Gasteiger partial charge in [-0.3, -0.25) is 4.79 Å². The number of hydrogen-bond donors (Lipinski definition) is 2. The second-order valence-electron chi connectivity index (χ2n) is 6.55. The van der Waals surface area contributed by atoms with Crippen LogP contribution in [0.1, 0.15) is 58.8 Å². The zero-order chi connectivity index (χ0) is 15.0. The van der Waals surface area contributed by atoms with Crippen molar-refractivity contribution in [3.8, 4) is 0 Å². The number of carbonyl (C=O) groups excluding carboxylic acids is 1. The van der Waals surface area contributed by atoms with Crippen molar-refractivity contribution < 1.29 is 4.79 Å². The molecule has 0 atom stereocenters. The SMILES string of the molecule is CNC1(CC(=O)NCCCN(C)C(C)C)CCCCC1. The predicted octanol–water partition coefficient (Wildman–Crippen LogP) is 2.15. The summed E-state index contributed by atoms with van der Waals surface area (Å²) < 4.78 is 0. The van der Waals surface area contributed by atoms with Gasteiger partial charge in [-0.1, -0.05) is 19.3 Å². The maximum atomic E-state index is 12.1. The number of amides is 1. The highest BCUT2D eigenvalue weighted by Gasteiger charge is 2.32. The lowest BCUT2D eigenvalue weighted by atomic mass is 9.79. The third-order valence-electron chi connectivity index (χ3n) is 4.73. The Morgan fingerprint density at radius 2 is 1.90 bits per heavy atom. The lowest BCUT2D eigenvalue weighted by molar-refractivity contribution is -0.122. The van der Waals surface area contributed by atoms with Crippen molar-refractivity contribution in [1.82, 2.24) is 15.5 Å². The van der Waals surface area contributed by atoms with Crippen molar-refractivity contribution in [2.75, 3.05) is 27.2 Å². The van der Waals surface area contributed by atoms with Crippen molar-refractivity contribution in [1.29, 1.82) is 0 Å². The van der Waals surface area contributed by atoms with E-state index in [1.165, 1.54) is 19.3 Å². The van der Waals surface area contributed by atoms with Crippen molar-refractivity contribution in [3.05, 3.63) is 0 Å². The van der Waals surface area contributed by atoms with E-state index < -0.39 is 0 Å². The second-order valence-corrected chi connectivity index (χ2v) is 6.55. The molecule has 0 aromatic carbocycles. The normalized spacial score (nSPS) is 18.5. The fraction of sp³-hybridized carbons (Fsp3) is 0.938. The third-order valence-corrected chi connectivity index (χ3v) is 4.73. The van der Waals surface area contributed by atoms with Crippen molar-refractivity contribution in [2.24, 2.45) is 0 Å². The molecule has 0 unspecified atom stereocenters. The molecule has 1 aliphatic carbocycles. The summed E-state index contributed by atoms with van der Waals surface area (Å²) in [6.07, 6.45) is 7.71. The van der Waals surface area contributed by atoms with Crippen LogP contribution in [-0.4, -0.2) is 49.6 Å². The molecule has 1 amide bonds. The topological polar surface area (TPSA) is 44.4 Å². The van der Waals surface area contributed by atoms with Crippen LogP contribution in [0.15, 0.2) is 0 Å². The van der Waals surface area contributed by atoms with Gasteiger partial charge in [0, 0.05) is 24.5 Å². The summed E-state index contributed by atoms with van der Waals surface area (Å²) in [5.41, 5.74) is 0.0526. The molecular weight excluding hydrogens is 250 g/mol. The lowest BCUT2D eigenvalue weighted by Crippen LogP contribution is -2.48. The predicted molar refractivity (Wildman–Crippen MR) is 84.9 cm³/mol. The highest BCUT2D eigenvalue weighted by atomic mass is 16.1. The fourth-order valence-electron chi connectivity index (χ4n) is 2.93. The van der Waals surface area contributed by atoms with Crippen molar-refractivity contribution in [3.63, 3.8) is 0 Å². The van der Waals surface area contributed by atoms with Crippen molar-refractivity contribution >= 4 is 5.91 Å². The summed E-state index contributed by atoms with van der Waals surface area (Å²) in [5.74, 6) is 0.202. The first-order chi connectivity index (χ1) is 9.49. The van der Waals surface area contributed by atoms with Crippen LogP contribution in [0.4, 0.5) is 0 Å². The first-order valence-electron chi connectivity index (χ1n) is 8.15. The molecule has 0 aliphatic heterocycles. The number of nitrogens with one attached hydrogen (secondary N) is 2. The minimum absolute atomic E-state index is 0.0526. The van der Waals surface area contributed by atoms with E-state index in [0.29, 0.717) is 12.5 Å². The Kier molecular flexibility index (Phi) is 7.52. The second kappa shape index (κ2) is 8.63. The average molecular weight is 283 g/mol.